The van der Waals surface area contributed by atoms with Gasteiger partial charge >= 0.3 is 6.18 Å². The van der Waals surface area contributed by atoms with Crippen LogP contribution in [0, 0.1) is 0 Å². The molecule has 0 amide bonds. The van der Waals surface area contributed by atoms with Gasteiger partial charge in [-0.3, -0.25) is 0 Å². The van der Waals surface area contributed by atoms with Crippen LogP contribution in [-0.2, 0) is 19.1 Å². The number of fused-ring (bicyclic) bond motifs is 1. The molecule has 0 fully saturated rings. The maximum Gasteiger partial charge on any atom is 0.416 e. The molecule has 0 unspecified atom stereocenters. The van der Waals surface area contributed by atoms with Crippen LogP contribution in [0.25, 0.3) is 0 Å². The van der Waals surface area contributed by atoms with Crippen LogP contribution in [0.4, 0.5) is 24.5 Å². The van der Waals surface area contributed by atoms with E-state index in [9.17, 15) is 13.2 Å². The number of nitrogens with zero attached hydrogens (tertiary/aromatic N) is 2. The minimum absolute atomic E-state index is 0.147. The van der Waals surface area contributed by atoms with Gasteiger partial charge in [-0.2, -0.15) is 13.2 Å². The summed E-state index contributed by atoms with van der Waals surface area (Å²) in [6, 6.07) is 11.9. The van der Waals surface area contributed by atoms with Gasteiger partial charge in [0.25, 0.3) is 0 Å². The summed E-state index contributed by atoms with van der Waals surface area (Å²) in [7, 11) is 0. The van der Waals surface area contributed by atoms with Gasteiger partial charge in [-0.1, -0.05) is 32.0 Å². The minimum atomic E-state index is -4.38. The van der Waals surface area contributed by atoms with E-state index in [-0.39, 0.29) is 6.04 Å². The van der Waals surface area contributed by atoms with Gasteiger partial charge in [0.1, 0.15) is 0 Å². The summed E-state index contributed by atoms with van der Waals surface area (Å²) < 4.78 is 39.2. The van der Waals surface area contributed by atoms with Crippen molar-refractivity contribution < 1.29 is 13.2 Å². The normalized spacial score (nSPS) is 14.6. The first-order valence-electron chi connectivity index (χ1n) is 11.3. The van der Waals surface area contributed by atoms with E-state index in [1.165, 1.54) is 17.3 Å². The maximum atomic E-state index is 13.1. The monoisotopic (exact) mass is 463 g/mol. The number of thiocarbonyl (C=S) groups is 1. The standard InChI is InChI=1S/C25H32F3N3S/c1-4-13-30-14-7-8-20-15-19(11-12-23(20)30)17-31(18(3)5-2)24(32)29-22-10-6-9-21(16-22)25(26,27)28/h6,9-12,15-16,18H,4-5,7-8,13-14,17H2,1-3H3,(H,29,32)/t18-/m0/s1. The highest BCUT2D eigenvalue weighted by Gasteiger charge is 2.30. The second-order valence-electron chi connectivity index (χ2n) is 8.45. The molecule has 174 valence electrons. The molecule has 7 heteroatoms. The fourth-order valence-electron chi connectivity index (χ4n) is 4.14. The molecule has 3 nitrogen and oxygen atoms in total. The number of hydrogen-bond donors (Lipinski definition) is 1. The minimum Gasteiger partial charge on any atom is -0.371 e. The fourth-order valence-corrected chi connectivity index (χ4v) is 4.50. The van der Waals surface area contributed by atoms with Gasteiger partial charge in [-0.25, -0.2) is 0 Å². The average Bonchev–Trinajstić information content (AvgIpc) is 2.76. The van der Waals surface area contributed by atoms with Gasteiger partial charge in [0.2, 0.25) is 0 Å². The van der Waals surface area contributed by atoms with Crippen molar-refractivity contribution in [1.29, 1.82) is 0 Å². The molecule has 1 atom stereocenters. The number of rotatable bonds is 7. The average molecular weight is 464 g/mol. The predicted octanol–water partition coefficient (Wildman–Crippen LogP) is 6.87. The lowest BCUT2D eigenvalue weighted by Crippen LogP contribution is -2.40. The second kappa shape index (κ2) is 10.6. The number of alkyl halides is 3. The van der Waals surface area contributed by atoms with Crippen LogP contribution in [0.5, 0.6) is 0 Å². The highest BCUT2D eigenvalue weighted by Crippen LogP contribution is 2.31. The zero-order valence-corrected chi connectivity index (χ0v) is 19.8. The third-order valence-electron chi connectivity index (χ3n) is 6.03. The Hall–Kier alpha value is -2.28. The van der Waals surface area contributed by atoms with Crippen molar-refractivity contribution in [3.05, 3.63) is 59.2 Å². The van der Waals surface area contributed by atoms with E-state index in [1.807, 2.05) is 0 Å². The van der Waals surface area contributed by atoms with Crippen LogP contribution in [0.1, 0.15) is 56.7 Å². The van der Waals surface area contributed by atoms with E-state index in [0.717, 1.165) is 56.5 Å². The number of aryl methyl sites for hydroxylation is 1. The van der Waals surface area contributed by atoms with Crippen molar-refractivity contribution in [2.45, 2.75) is 65.2 Å². The molecule has 32 heavy (non-hydrogen) atoms. The summed E-state index contributed by atoms with van der Waals surface area (Å²) in [5.74, 6) is 0. The van der Waals surface area contributed by atoms with Crippen molar-refractivity contribution in [2.75, 3.05) is 23.3 Å². The van der Waals surface area contributed by atoms with E-state index in [4.69, 9.17) is 12.2 Å². The molecule has 0 spiro atoms. The Morgan fingerprint density at radius 3 is 2.66 bits per heavy atom. The lowest BCUT2D eigenvalue weighted by Gasteiger charge is -2.34. The zero-order chi connectivity index (χ0) is 23.3. The SMILES string of the molecule is CCCN1CCCc2cc(CN(C(=S)Nc3cccc(C(F)(F)F)c3)[C@@H](C)CC)ccc21. The van der Waals surface area contributed by atoms with Gasteiger partial charge in [0.05, 0.1) is 5.56 Å². The summed E-state index contributed by atoms with van der Waals surface area (Å²) in [6.45, 7) is 9.15. The quantitative estimate of drug-likeness (QED) is 0.452. The highest BCUT2D eigenvalue weighted by atomic mass is 32.1. The third-order valence-corrected chi connectivity index (χ3v) is 6.37. The predicted molar refractivity (Wildman–Crippen MR) is 130 cm³/mol. The van der Waals surface area contributed by atoms with Crippen LogP contribution in [0.2, 0.25) is 0 Å². The molecule has 0 aromatic heterocycles. The van der Waals surface area contributed by atoms with Gasteiger partial charge in [-0.05, 0) is 80.2 Å². The van der Waals surface area contributed by atoms with E-state index < -0.39 is 11.7 Å². The summed E-state index contributed by atoms with van der Waals surface area (Å²) in [6.07, 6.45) is -0.163. The Bertz CT molecular complexity index is 929. The van der Waals surface area contributed by atoms with Crippen LogP contribution >= 0.6 is 12.2 Å². The number of anilines is 2. The molecule has 1 heterocycles. The molecule has 1 aliphatic rings. The third kappa shape index (κ3) is 5.94. The van der Waals surface area contributed by atoms with E-state index in [1.54, 1.807) is 6.07 Å². The first-order chi connectivity index (χ1) is 15.2. The summed E-state index contributed by atoms with van der Waals surface area (Å²) in [5, 5.41) is 3.46. The Morgan fingerprint density at radius 1 is 1.19 bits per heavy atom. The molecule has 0 saturated carbocycles. The maximum absolute atomic E-state index is 13.1. The molecule has 2 aromatic rings. The molecule has 0 radical (unpaired) electrons. The van der Waals surface area contributed by atoms with E-state index >= 15 is 0 Å². The van der Waals surface area contributed by atoms with Gasteiger partial charge < -0.3 is 15.1 Å². The van der Waals surface area contributed by atoms with Crippen molar-refractivity contribution in [2.24, 2.45) is 0 Å². The Kier molecular flexibility index (Phi) is 8.04. The molecule has 0 saturated heterocycles. The van der Waals surface area contributed by atoms with Crippen LogP contribution < -0.4 is 10.2 Å². The largest absolute Gasteiger partial charge is 0.416 e. The van der Waals surface area contributed by atoms with E-state index in [0.29, 0.717) is 17.3 Å². The summed E-state index contributed by atoms with van der Waals surface area (Å²) >= 11 is 5.64. The number of hydrogen-bond acceptors (Lipinski definition) is 2. The van der Waals surface area contributed by atoms with Gasteiger partial charge in [0, 0.05) is 37.1 Å². The molecule has 3 rings (SSSR count). The van der Waals surface area contributed by atoms with Crippen molar-refractivity contribution in [1.82, 2.24) is 4.90 Å². The van der Waals surface area contributed by atoms with Crippen molar-refractivity contribution in [3.8, 4) is 0 Å². The van der Waals surface area contributed by atoms with Gasteiger partial charge in [-0.15, -0.1) is 0 Å². The first kappa shape index (κ1) is 24.4. The number of nitrogens with one attached hydrogen (secondary N) is 1. The van der Waals surface area contributed by atoms with Crippen LogP contribution in [0.3, 0.4) is 0 Å². The fraction of sp³-hybridized carbons (Fsp3) is 0.480. The topological polar surface area (TPSA) is 18.5 Å². The number of halogens is 3. The highest BCUT2D eigenvalue weighted by molar-refractivity contribution is 7.80. The van der Waals surface area contributed by atoms with Crippen LogP contribution in [-0.4, -0.2) is 29.1 Å². The van der Waals surface area contributed by atoms with E-state index in [2.05, 4.69) is 54.1 Å². The molecule has 0 bridgehead atoms. The number of benzene rings is 2. The molecule has 0 aliphatic carbocycles. The molecular formula is C25H32F3N3S. The first-order valence-corrected chi connectivity index (χ1v) is 11.7. The molecule has 1 N–H and O–H groups in total. The van der Waals surface area contributed by atoms with Crippen LogP contribution in [0.15, 0.2) is 42.5 Å². The van der Waals surface area contributed by atoms with Gasteiger partial charge in [0.15, 0.2) is 5.11 Å². The summed E-state index contributed by atoms with van der Waals surface area (Å²) in [4.78, 5) is 4.51. The Balaban J connectivity index is 1.78. The second-order valence-corrected chi connectivity index (χ2v) is 8.83. The summed E-state index contributed by atoms with van der Waals surface area (Å²) in [5.41, 5.74) is 3.51. The lowest BCUT2D eigenvalue weighted by molar-refractivity contribution is -0.137. The zero-order valence-electron chi connectivity index (χ0n) is 19.0. The Labute approximate surface area is 194 Å². The molecular weight excluding hydrogens is 431 g/mol. The smallest absolute Gasteiger partial charge is 0.371 e. The molecule has 1 aliphatic heterocycles. The van der Waals surface area contributed by atoms with Crippen molar-refractivity contribution >= 4 is 28.7 Å². The lowest BCUT2D eigenvalue weighted by atomic mass is 9.98. The Morgan fingerprint density at radius 2 is 1.97 bits per heavy atom. The van der Waals surface area contributed by atoms with Crippen molar-refractivity contribution in [3.63, 3.8) is 0 Å². The molecule has 2 aromatic carbocycles.